The van der Waals surface area contributed by atoms with Crippen molar-refractivity contribution in [2.24, 2.45) is 0 Å². The highest BCUT2D eigenvalue weighted by molar-refractivity contribution is 8.04. The van der Waals surface area contributed by atoms with Crippen LogP contribution in [-0.4, -0.2) is 12.0 Å². The largest absolute Gasteiger partial charge is 0.297 e. The van der Waals surface area contributed by atoms with Crippen LogP contribution in [0.5, 0.6) is 0 Å². The van der Waals surface area contributed by atoms with Gasteiger partial charge in [0.05, 0.1) is 0 Å². The Morgan fingerprint density at radius 3 is 3.00 bits per heavy atom. The van der Waals surface area contributed by atoms with Crippen LogP contribution in [0.1, 0.15) is 0 Å². The first-order chi connectivity index (χ1) is 3.93. The monoisotopic (exact) mass is 126 g/mol. The fourth-order valence-electron chi connectivity index (χ4n) is 0.484. The lowest BCUT2D eigenvalue weighted by atomic mass is 10.4. The molecule has 0 aliphatic carbocycles. The number of allylic oxidation sites excluding steroid dienone is 3. The molecule has 1 aliphatic heterocycles. The van der Waals surface area contributed by atoms with Crippen LogP contribution in [0.3, 0.4) is 0 Å². The van der Waals surface area contributed by atoms with E-state index < -0.39 is 0 Å². The normalized spacial score (nSPS) is 17.8. The molecule has 0 atom stereocenters. The Hall–Kier alpha value is -0.500. The fourth-order valence-corrected chi connectivity index (χ4v) is 1.13. The minimum absolute atomic E-state index is 0.826. The second kappa shape index (κ2) is 2.72. The maximum absolute atomic E-state index is 10.0. The molecule has 0 radical (unpaired) electrons. The Morgan fingerprint density at radius 2 is 2.62 bits per heavy atom. The van der Waals surface area contributed by atoms with Crippen molar-refractivity contribution in [3.63, 3.8) is 0 Å². The van der Waals surface area contributed by atoms with E-state index in [9.17, 15) is 4.79 Å². The van der Waals surface area contributed by atoms with Gasteiger partial charge in [0.15, 0.2) is 6.29 Å². The van der Waals surface area contributed by atoms with Crippen LogP contribution in [0.15, 0.2) is 23.1 Å². The van der Waals surface area contributed by atoms with Gasteiger partial charge in [0.2, 0.25) is 0 Å². The highest BCUT2D eigenvalue weighted by atomic mass is 32.2. The highest BCUT2D eigenvalue weighted by Gasteiger charge is 1.94. The smallest absolute Gasteiger partial charge is 0.156 e. The third kappa shape index (κ3) is 1.23. The molecular formula is C6H6OS. The van der Waals surface area contributed by atoms with Gasteiger partial charge in [-0.2, -0.15) is 0 Å². The van der Waals surface area contributed by atoms with Gasteiger partial charge in [0.25, 0.3) is 0 Å². The lowest BCUT2D eigenvalue weighted by Crippen LogP contribution is -1.83. The van der Waals surface area contributed by atoms with E-state index in [1.54, 1.807) is 11.8 Å². The summed E-state index contributed by atoms with van der Waals surface area (Å²) in [6.07, 6.45) is 6.63. The predicted octanol–water partition coefficient (Wildman–Crippen LogP) is 1.37. The Labute approximate surface area is 52.5 Å². The Balaban J connectivity index is 2.63. The van der Waals surface area contributed by atoms with E-state index in [-0.39, 0.29) is 0 Å². The molecule has 0 saturated heterocycles. The minimum Gasteiger partial charge on any atom is -0.297 e. The molecule has 2 heteroatoms. The van der Waals surface area contributed by atoms with Gasteiger partial charge in [-0.1, -0.05) is 12.2 Å². The zero-order valence-electron chi connectivity index (χ0n) is 4.33. The lowest BCUT2D eigenvalue weighted by Gasteiger charge is -1.97. The predicted molar refractivity (Wildman–Crippen MR) is 35.7 cm³/mol. The summed E-state index contributed by atoms with van der Waals surface area (Å²) in [6.45, 7) is 0. The summed E-state index contributed by atoms with van der Waals surface area (Å²) in [6, 6.07) is 0. The Kier molecular flexibility index (Phi) is 1.92. The van der Waals surface area contributed by atoms with Crippen LogP contribution in [0.4, 0.5) is 0 Å². The molecule has 1 rings (SSSR count). The molecule has 8 heavy (non-hydrogen) atoms. The van der Waals surface area contributed by atoms with E-state index in [1.807, 2.05) is 18.2 Å². The molecule has 42 valence electrons. The molecule has 1 aliphatic rings. The summed E-state index contributed by atoms with van der Waals surface area (Å²) in [5, 5.41) is 0. The number of carbonyl (C=O) groups is 1. The molecule has 1 nitrogen and oxygen atoms in total. The first-order valence-electron chi connectivity index (χ1n) is 2.38. The molecule has 0 aromatic carbocycles. The van der Waals surface area contributed by atoms with Crippen molar-refractivity contribution in [1.82, 2.24) is 0 Å². The first kappa shape index (κ1) is 5.63. The summed E-state index contributed by atoms with van der Waals surface area (Å²) in [7, 11) is 0. The first-order valence-corrected chi connectivity index (χ1v) is 3.37. The summed E-state index contributed by atoms with van der Waals surface area (Å²) >= 11 is 1.57. The summed E-state index contributed by atoms with van der Waals surface area (Å²) in [5.74, 6) is 0.935. The molecule has 1 heterocycles. The third-order valence-corrected chi connectivity index (χ3v) is 1.78. The number of hydrogen-bond acceptors (Lipinski definition) is 2. The third-order valence-electron chi connectivity index (χ3n) is 0.859. The number of thioether (sulfide) groups is 1. The van der Waals surface area contributed by atoms with Crippen molar-refractivity contribution in [3.05, 3.63) is 23.1 Å². The molecule has 0 aromatic rings. The maximum Gasteiger partial charge on any atom is 0.156 e. The van der Waals surface area contributed by atoms with Crippen LogP contribution in [-0.2, 0) is 4.79 Å². The standard InChI is InChI=1S/C6H6OS/c7-5-6-3-1-2-4-8-6/h1-3,5H,4H2. The van der Waals surface area contributed by atoms with Crippen LogP contribution in [0, 0.1) is 0 Å². The van der Waals surface area contributed by atoms with E-state index in [1.165, 1.54) is 0 Å². The van der Waals surface area contributed by atoms with Crippen LogP contribution in [0.25, 0.3) is 0 Å². The zero-order chi connectivity index (χ0) is 5.82. The summed E-state index contributed by atoms with van der Waals surface area (Å²) in [4.78, 5) is 10.9. The molecule has 0 aromatic heterocycles. The second-order valence-electron chi connectivity index (χ2n) is 1.43. The second-order valence-corrected chi connectivity index (χ2v) is 2.52. The number of hydrogen-bond donors (Lipinski definition) is 0. The lowest BCUT2D eigenvalue weighted by molar-refractivity contribution is -0.104. The van der Waals surface area contributed by atoms with Gasteiger partial charge in [-0.15, -0.1) is 11.8 Å². The van der Waals surface area contributed by atoms with Crippen LogP contribution in [0.2, 0.25) is 0 Å². The van der Waals surface area contributed by atoms with Crippen molar-refractivity contribution in [1.29, 1.82) is 0 Å². The van der Waals surface area contributed by atoms with Gasteiger partial charge in [-0.05, 0) is 6.08 Å². The van der Waals surface area contributed by atoms with Gasteiger partial charge in [0, 0.05) is 10.7 Å². The molecule has 0 saturated carbocycles. The van der Waals surface area contributed by atoms with E-state index in [4.69, 9.17) is 0 Å². The number of aldehydes is 1. The van der Waals surface area contributed by atoms with E-state index in [2.05, 4.69) is 0 Å². The Morgan fingerprint density at radius 1 is 1.75 bits per heavy atom. The van der Waals surface area contributed by atoms with Crippen molar-refractivity contribution >= 4 is 18.0 Å². The molecule has 0 spiro atoms. The molecule has 0 N–H and O–H groups in total. The molecule has 0 bridgehead atoms. The average Bonchev–Trinajstić information content (AvgIpc) is 1.90. The zero-order valence-corrected chi connectivity index (χ0v) is 5.15. The fraction of sp³-hybridized carbons (Fsp3) is 0.167. The molecule has 0 fully saturated rings. The topological polar surface area (TPSA) is 17.1 Å². The average molecular weight is 126 g/mol. The van der Waals surface area contributed by atoms with E-state index >= 15 is 0 Å². The number of rotatable bonds is 1. The van der Waals surface area contributed by atoms with Gasteiger partial charge in [-0.25, -0.2) is 0 Å². The van der Waals surface area contributed by atoms with Crippen LogP contribution >= 0.6 is 11.8 Å². The highest BCUT2D eigenvalue weighted by Crippen LogP contribution is 2.16. The maximum atomic E-state index is 10.0. The van der Waals surface area contributed by atoms with Crippen molar-refractivity contribution in [2.45, 2.75) is 0 Å². The van der Waals surface area contributed by atoms with Crippen molar-refractivity contribution in [2.75, 3.05) is 5.75 Å². The summed E-state index contributed by atoms with van der Waals surface area (Å²) in [5.41, 5.74) is 0. The quantitative estimate of drug-likeness (QED) is 0.494. The van der Waals surface area contributed by atoms with E-state index in [0.29, 0.717) is 0 Å². The minimum atomic E-state index is 0.826. The SMILES string of the molecule is O=CC1=CC=CCS1. The van der Waals surface area contributed by atoms with E-state index in [0.717, 1.165) is 16.9 Å². The molecular weight excluding hydrogens is 120 g/mol. The van der Waals surface area contributed by atoms with Gasteiger partial charge in [-0.3, -0.25) is 4.79 Å². The molecule has 0 unspecified atom stereocenters. The Bertz CT molecular complexity index is 147. The van der Waals surface area contributed by atoms with Crippen molar-refractivity contribution in [3.8, 4) is 0 Å². The van der Waals surface area contributed by atoms with Crippen molar-refractivity contribution < 1.29 is 4.79 Å². The van der Waals surface area contributed by atoms with Gasteiger partial charge >= 0.3 is 0 Å². The van der Waals surface area contributed by atoms with Gasteiger partial charge in [0.1, 0.15) is 0 Å². The molecule has 0 amide bonds. The number of carbonyl (C=O) groups excluding carboxylic acids is 1. The van der Waals surface area contributed by atoms with Crippen LogP contribution < -0.4 is 0 Å². The summed E-state index contributed by atoms with van der Waals surface area (Å²) < 4.78 is 0. The van der Waals surface area contributed by atoms with Gasteiger partial charge < -0.3 is 0 Å².